The summed E-state index contributed by atoms with van der Waals surface area (Å²) in [6.07, 6.45) is 0.771. The van der Waals surface area contributed by atoms with E-state index in [1.807, 2.05) is 13.8 Å². The number of ether oxygens (including phenoxy) is 1. The van der Waals surface area contributed by atoms with Crippen LogP contribution in [0.1, 0.15) is 31.1 Å². The highest BCUT2D eigenvalue weighted by Crippen LogP contribution is 2.19. The Morgan fingerprint density at radius 3 is 2.75 bits per heavy atom. The van der Waals surface area contributed by atoms with Gasteiger partial charge in [0, 0.05) is 5.56 Å². The smallest absolute Gasteiger partial charge is 0.150 e. The van der Waals surface area contributed by atoms with Crippen LogP contribution >= 0.6 is 0 Å². The highest BCUT2D eigenvalue weighted by molar-refractivity contribution is 5.75. The quantitative estimate of drug-likeness (QED) is 0.777. The molecule has 16 heavy (non-hydrogen) atoms. The van der Waals surface area contributed by atoms with Gasteiger partial charge in [-0.05, 0) is 25.0 Å². The molecule has 0 aromatic heterocycles. The van der Waals surface area contributed by atoms with Gasteiger partial charge in [0.25, 0.3) is 0 Å². The van der Waals surface area contributed by atoms with Crippen molar-refractivity contribution in [1.82, 2.24) is 0 Å². The average Bonchev–Trinajstić information content (AvgIpc) is 2.26. The van der Waals surface area contributed by atoms with Crippen molar-refractivity contribution in [2.24, 2.45) is 5.92 Å². The second-order valence-electron chi connectivity index (χ2n) is 4.49. The molecule has 0 aliphatic heterocycles. The van der Waals surface area contributed by atoms with E-state index in [0.29, 0.717) is 11.3 Å². The van der Waals surface area contributed by atoms with E-state index in [1.165, 1.54) is 0 Å². The molecule has 1 atom stereocenters. The molecule has 0 amide bonds. The van der Waals surface area contributed by atoms with E-state index in [1.54, 1.807) is 31.2 Å². The van der Waals surface area contributed by atoms with Crippen LogP contribution in [0.2, 0.25) is 0 Å². The number of hydrogen-bond acceptors (Lipinski definition) is 3. The van der Waals surface area contributed by atoms with Crippen molar-refractivity contribution in [2.75, 3.05) is 6.61 Å². The molecular weight excluding hydrogens is 204 g/mol. The van der Waals surface area contributed by atoms with Crippen molar-refractivity contribution in [3.05, 3.63) is 29.8 Å². The summed E-state index contributed by atoms with van der Waals surface area (Å²) in [7, 11) is 0. The van der Waals surface area contributed by atoms with Crippen LogP contribution in [0.5, 0.6) is 5.75 Å². The van der Waals surface area contributed by atoms with E-state index in [4.69, 9.17) is 4.74 Å². The molecule has 1 aromatic carbocycles. The molecule has 0 radical (unpaired) electrons. The standard InChI is InChI=1S/C13H18O3/c1-10(2)13(3,15)9-16-12-6-4-5-11(7-12)8-14/h4-8,10,15H,9H2,1-3H3. The van der Waals surface area contributed by atoms with E-state index in [9.17, 15) is 9.90 Å². The highest BCUT2D eigenvalue weighted by atomic mass is 16.5. The monoisotopic (exact) mass is 222 g/mol. The van der Waals surface area contributed by atoms with Crippen LogP contribution in [0.3, 0.4) is 0 Å². The van der Waals surface area contributed by atoms with Crippen molar-refractivity contribution in [3.63, 3.8) is 0 Å². The summed E-state index contributed by atoms with van der Waals surface area (Å²) in [6, 6.07) is 6.89. The minimum Gasteiger partial charge on any atom is -0.491 e. The van der Waals surface area contributed by atoms with Gasteiger partial charge in [-0.1, -0.05) is 26.0 Å². The van der Waals surface area contributed by atoms with Gasteiger partial charge < -0.3 is 9.84 Å². The normalized spacial score (nSPS) is 14.6. The van der Waals surface area contributed by atoms with E-state index < -0.39 is 5.60 Å². The fraction of sp³-hybridized carbons (Fsp3) is 0.462. The molecule has 1 N–H and O–H groups in total. The fourth-order valence-electron chi connectivity index (χ4n) is 1.07. The van der Waals surface area contributed by atoms with Gasteiger partial charge >= 0.3 is 0 Å². The van der Waals surface area contributed by atoms with Crippen LogP contribution in [0, 0.1) is 5.92 Å². The maximum absolute atomic E-state index is 10.6. The molecule has 3 heteroatoms. The van der Waals surface area contributed by atoms with Crippen LogP contribution in [0.4, 0.5) is 0 Å². The van der Waals surface area contributed by atoms with E-state index in [2.05, 4.69) is 0 Å². The van der Waals surface area contributed by atoms with Gasteiger partial charge in [0.1, 0.15) is 18.6 Å². The lowest BCUT2D eigenvalue weighted by Gasteiger charge is -2.27. The number of aldehydes is 1. The van der Waals surface area contributed by atoms with Gasteiger partial charge in [-0.25, -0.2) is 0 Å². The van der Waals surface area contributed by atoms with Crippen molar-refractivity contribution in [3.8, 4) is 5.75 Å². The van der Waals surface area contributed by atoms with Crippen molar-refractivity contribution in [1.29, 1.82) is 0 Å². The molecule has 1 unspecified atom stereocenters. The molecule has 0 fully saturated rings. The van der Waals surface area contributed by atoms with Crippen molar-refractivity contribution < 1.29 is 14.6 Å². The minimum absolute atomic E-state index is 0.113. The highest BCUT2D eigenvalue weighted by Gasteiger charge is 2.25. The Hall–Kier alpha value is -1.35. The topological polar surface area (TPSA) is 46.5 Å². The lowest BCUT2D eigenvalue weighted by Crippen LogP contribution is -2.37. The molecule has 0 bridgehead atoms. The Bertz CT molecular complexity index is 356. The molecular formula is C13H18O3. The van der Waals surface area contributed by atoms with Crippen LogP contribution in [0.25, 0.3) is 0 Å². The van der Waals surface area contributed by atoms with Gasteiger partial charge in [-0.3, -0.25) is 4.79 Å². The molecule has 0 aliphatic carbocycles. The first-order chi connectivity index (χ1) is 7.45. The zero-order valence-electron chi connectivity index (χ0n) is 9.93. The molecule has 1 aromatic rings. The summed E-state index contributed by atoms with van der Waals surface area (Å²) < 4.78 is 5.47. The maximum atomic E-state index is 10.6. The number of hydrogen-bond donors (Lipinski definition) is 1. The zero-order valence-corrected chi connectivity index (χ0v) is 9.93. The summed E-state index contributed by atoms with van der Waals surface area (Å²) in [6.45, 7) is 5.82. The number of carbonyl (C=O) groups is 1. The van der Waals surface area contributed by atoms with E-state index in [0.717, 1.165) is 6.29 Å². The maximum Gasteiger partial charge on any atom is 0.150 e. The Kier molecular flexibility index (Phi) is 4.07. The molecule has 0 heterocycles. The first-order valence-corrected chi connectivity index (χ1v) is 5.36. The summed E-state index contributed by atoms with van der Waals surface area (Å²) >= 11 is 0. The first-order valence-electron chi connectivity index (χ1n) is 5.36. The summed E-state index contributed by atoms with van der Waals surface area (Å²) in [5.74, 6) is 0.715. The number of benzene rings is 1. The van der Waals surface area contributed by atoms with Gasteiger partial charge in [0.05, 0.1) is 5.60 Å². The van der Waals surface area contributed by atoms with Gasteiger partial charge in [0.2, 0.25) is 0 Å². The van der Waals surface area contributed by atoms with Gasteiger partial charge in [0.15, 0.2) is 0 Å². The summed E-state index contributed by atoms with van der Waals surface area (Å²) in [4.78, 5) is 10.6. The molecule has 0 saturated heterocycles. The number of aliphatic hydroxyl groups is 1. The summed E-state index contributed by atoms with van der Waals surface area (Å²) in [5, 5.41) is 9.98. The molecule has 1 rings (SSSR count). The van der Waals surface area contributed by atoms with Gasteiger partial charge in [-0.2, -0.15) is 0 Å². The second kappa shape index (κ2) is 5.12. The number of rotatable bonds is 5. The summed E-state index contributed by atoms with van der Waals surface area (Å²) in [5.41, 5.74) is -0.293. The van der Waals surface area contributed by atoms with Crippen LogP contribution in [-0.2, 0) is 0 Å². The average molecular weight is 222 g/mol. The van der Waals surface area contributed by atoms with Crippen LogP contribution in [0.15, 0.2) is 24.3 Å². The third kappa shape index (κ3) is 3.35. The van der Waals surface area contributed by atoms with Crippen LogP contribution < -0.4 is 4.74 Å². The molecule has 0 saturated carbocycles. The zero-order chi connectivity index (χ0) is 12.2. The largest absolute Gasteiger partial charge is 0.491 e. The lowest BCUT2D eigenvalue weighted by molar-refractivity contribution is -0.0266. The van der Waals surface area contributed by atoms with E-state index >= 15 is 0 Å². The van der Waals surface area contributed by atoms with Crippen molar-refractivity contribution >= 4 is 6.29 Å². The van der Waals surface area contributed by atoms with E-state index in [-0.39, 0.29) is 12.5 Å². The van der Waals surface area contributed by atoms with Gasteiger partial charge in [-0.15, -0.1) is 0 Å². The Labute approximate surface area is 96.1 Å². The molecule has 3 nitrogen and oxygen atoms in total. The SMILES string of the molecule is CC(C)C(C)(O)COc1cccc(C=O)c1. The molecule has 0 aliphatic rings. The van der Waals surface area contributed by atoms with Crippen molar-refractivity contribution in [2.45, 2.75) is 26.4 Å². The van der Waals surface area contributed by atoms with Crippen LogP contribution in [-0.4, -0.2) is 23.6 Å². The minimum atomic E-state index is -0.864. The fourth-order valence-corrected chi connectivity index (χ4v) is 1.07. The predicted octanol–water partition coefficient (Wildman–Crippen LogP) is 2.28. The third-order valence-corrected chi connectivity index (χ3v) is 2.77. The molecule has 88 valence electrons. The first kappa shape index (κ1) is 12.7. The second-order valence-corrected chi connectivity index (χ2v) is 4.49. The predicted molar refractivity (Wildman–Crippen MR) is 62.8 cm³/mol. The lowest BCUT2D eigenvalue weighted by atomic mass is 9.94. The Morgan fingerprint density at radius 1 is 1.50 bits per heavy atom. The Morgan fingerprint density at radius 2 is 2.19 bits per heavy atom. The number of carbonyl (C=O) groups excluding carboxylic acids is 1. The Balaban J connectivity index is 2.64. The third-order valence-electron chi connectivity index (χ3n) is 2.77. The molecule has 0 spiro atoms.